The minimum atomic E-state index is 0.292. The molecule has 3 heteroatoms. The summed E-state index contributed by atoms with van der Waals surface area (Å²) in [7, 11) is 0. The van der Waals surface area contributed by atoms with E-state index in [-0.39, 0.29) is 0 Å². The highest BCUT2D eigenvalue weighted by Gasteiger charge is 2.22. The van der Waals surface area contributed by atoms with Crippen molar-refractivity contribution in [3.05, 3.63) is 39.9 Å². The first-order chi connectivity index (χ1) is 8.91. The molecule has 1 aromatic carbocycles. The smallest absolute Gasteiger partial charge is 0.0426 e. The molecule has 2 nitrogen and oxygen atoms in total. The number of nitrogens with zero attached hydrogens (tertiary/aromatic N) is 1. The molecule has 0 bridgehead atoms. The fourth-order valence-electron chi connectivity index (χ4n) is 2.57. The number of benzene rings is 1. The normalized spacial score (nSPS) is 16.5. The van der Waals surface area contributed by atoms with E-state index in [4.69, 9.17) is 5.73 Å². The van der Waals surface area contributed by atoms with Crippen molar-refractivity contribution >= 4 is 21.6 Å². The Morgan fingerprint density at radius 1 is 1.32 bits per heavy atom. The van der Waals surface area contributed by atoms with Gasteiger partial charge in [-0.05, 0) is 29.5 Å². The predicted octanol–water partition coefficient (Wildman–Crippen LogP) is 4.09. The summed E-state index contributed by atoms with van der Waals surface area (Å²) in [5, 5.41) is 0. The van der Waals surface area contributed by atoms with Crippen LogP contribution in [0.4, 0.5) is 5.69 Å². The molecule has 104 valence electrons. The highest BCUT2D eigenvalue weighted by molar-refractivity contribution is 9.10. The van der Waals surface area contributed by atoms with Crippen molar-refractivity contribution in [2.45, 2.75) is 33.7 Å². The number of rotatable bonds is 2. The SMILES string of the molecule is CC(C)(C)C1=CCN(c2cc(Br)ccc2CN)CC1. The minimum absolute atomic E-state index is 0.292. The second kappa shape index (κ2) is 5.68. The van der Waals surface area contributed by atoms with Gasteiger partial charge in [0, 0.05) is 29.8 Å². The Kier molecular flexibility index (Phi) is 4.36. The molecular weight excluding hydrogens is 300 g/mol. The summed E-state index contributed by atoms with van der Waals surface area (Å²) in [6.07, 6.45) is 3.52. The van der Waals surface area contributed by atoms with Crippen LogP contribution >= 0.6 is 15.9 Å². The van der Waals surface area contributed by atoms with Crippen LogP contribution < -0.4 is 10.6 Å². The van der Waals surface area contributed by atoms with Crippen LogP contribution in [0.1, 0.15) is 32.8 Å². The molecule has 2 N–H and O–H groups in total. The van der Waals surface area contributed by atoms with Crippen LogP contribution in [0, 0.1) is 5.41 Å². The maximum absolute atomic E-state index is 5.85. The van der Waals surface area contributed by atoms with Crippen molar-refractivity contribution in [3.8, 4) is 0 Å². The third-order valence-corrected chi connectivity index (χ3v) is 4.27. The van der Waals surface area contributed by atoms with E-state index < -0.39 is 0 Å². The van der Waals surface area contributed by atoms with Crippen molar-refractivity contribution in [1.82, 2.24) is 0 Å². The van der Waals surface area contributed by atoms with Crippen LogP contribution in [0.15, 0.2) is 34.3 Å². The van der Waals surface area contributed by atoms with Gasteiger partial charge in [-0.15, -0.1) is 0 Å². The fraction of sp³-hybridized carbons (Fsp3) is 0.500. The first-order valence-corrected chi connectivity index (χ1v) is 7.64. The van der Waals surface area contributed by atoms with Crippen molar-refractivity contribution in [2.24, 2.45) is 11.1 Å². The van der Waals surface area contributed by atoms with Crippen molar-refractivity contribution in [1.29, 1.82) is 0 Å². The zero-order valence-electron chi connectivity index (χ0n) is 12.0. The van der Waals surface area contributed by atoms with E-state index in [1.807, 2.05) is 0 Å². The number of anilines is 1. The molecule has 19 heavy (non-hydrogen) atoms. The Morgan fingerprint density at radius 3 is 2.58 bits per heavy atom. The van der Waals surface area contributed by atoms with Crippen LogP contribution in [0.25, 0.3) is 0 Å². The molecule has 1 aliphatic heterocycles. The summed E-state index contributed by atoms with van der Waals surface area (Å²) in [5.41, 5.74) is 10.2. The van der Waals surface area contributed by atoms with E-state index in [1.165, 1.54) is 11.3 Å². The Morgan fingerprint density at radius 2 is 2.05 bits per heavy atom. The number of halogens is 1. The number of nitrogens with two attached hydrogens (primary N) is 1. The molecule has 2 rings (SSSR count). The summed E-state index contributed by atoms with van der Waals surface area (Å²) >= 11 is 3.55. The zero-order valence-corrected chi connectivity index (χ0v) is 13.6. The summed E-state index contributed by atoms with van der Waals surface area (Å²) in [6, 6.07) is 6.35. The fourth-order valence-corrected chi connectivity index (χ4v) is 2.92. The molecule has 0 fully saturated rings. The van der Waals surface area contributed by atoms with Gasteiger partial charge in [0.15, 0.2) is 0 Å². The summed E-state index contributed by atoms with van der Waals surface area (Å²) in [4.78, 5) is 2.42. The maximum Gasteiger partial charge on any atom is 0.0426 e. The lowest BCUT2D eigenvalue weighted by molar-refractivity contribution is 0.472. The van der Waals surface area contributed by atoms with Gasteiger partial charge in [0.05, 0.1) is 0 Å². The molecule has 0 atom stereocenters. The number of hydrogen-bond donors (Lipinski definition) is 1. The lowest BCUT2D eigenvalue weighted by Gasteiger charge is -2.34. The highest BCUT2D eigenvalue weighted by atomic mass is 79.9. The summed E-state index contributed by atoms with van der Waals surface area (Å²) in [6.45, 7) is 9.52. The molecule has 0 aromatic heterocycles. The molecule has 1 aliphatic rings. The Bertz CT molecular complexity index is 486. The average Bonchev–Trinajstić information content (AvgIpc) is 2.38. The number of hydrogen-bond acceptors (Lipinski definition) is 2. The van der Waals surface area contributed by atoms with Gasteiger partial charge in [-0.1, -0.05) is 54.4 Å². The predicted molar refractivity (Wildman–Crippen MR) is 86.4 cm³/mol. The van der Waals surface area contributed by atoms with E-state index >= 15 is 0 Å². The quantitative estimate of drug-likeness (QED) is 0.831. The van der Waals surface area contributed by atoms with Crippen LogP contribution in [-0.4, -0.2) is 13.1 Å². The third-order valence-electron chi connectivity index (χ3n) is 3.78. The summed E-state index contributed by atoms with van der Waals surface area (Å²) < 4.78 is 1.12. The van der Waals surface area contributed by atoms with Crippen molar-refractivity contribution in [3.63, 3.8) is 0 Å². The van der Waals surface area contributed by atoms with Crippen LogP contribution in [0.3, 0.4) is 0 Å². The van der Waals surface area contributed by atoms with Gasteiger partial charge >= 0.3 is 0 Å². The van der Waals surface area contributed by atoms with Gasteiger partial charge < -0.3 is 10.6 Å². The summed E-state index contributed by atoms with van der Waals surface area (Å²) in [5.74, 6) is 0. The third kappa shape index (κ3) is 3.40. The first-order valence-electron chi connectivity index (χ1n) is 6.85. The van der Waals surface area contributed by atoms with E-state index in [0.717, 1.165) is 24.0 Å². The van der Waals surface area contributed by atoms with Gasteiger partial charge in [0.2, 0.25) is 0 Å². The van der Waals surface area contributed by atoms with E-state index in [9.17, 15) is 0 Å². The van der Waals surface area contributed by atoms with E-state index in [2.05, 4.69) is 65.9 Å². The van der Waals surface area contributed by atoms with Gasteiger partial charge in [-0.2, -0.15) is 0 Å². The zero-order chi connectivity index (χ0) is 14.0. The minimum Gasteiger partial charge on any atom is -0.367 e. The molecule has 0 unspecified atom stereocenters. The van der Waals surface area contributed by atoms with E-state index in [0.29, 0.717) is 12.0 Å². The van der Waals surface area contributed by atoms with Crippen molar-refractivity contribution in [2.75, 3.05) is 18.0 Å². The monoisotopic (exact) mass is 322 g/mol. The maximum atomic E-state index is 5.85. The van der Waals surface area contributed by atoms with E-state index in [1.54, 1.807) is 5.57 Å². The van der Waals surface area contributed by atoms with Crippen LogP contribution in [0.2, 0.25) is 0 Å². The standard InChI is InChI=1S/C16H23BrN2/c1-16(2,3)13-6-8-19(9-7-13)15-10-14(17)5-4-12(15)11-18/h4-6,10H,7-9,11,18H2,1-3H3. The second-order valence-electron chi connectivity index (χ2n) is 6.15. The topological polar surface area (TPSA) is 29.3 Å². The first kappa shape index (κ1) is 14.6. The second-order valence-corrected chi connectivity index (χ2v) is 7.07. The van der Waals surface area contributed by atoms with Gasteiger partial charge in [-0.3, -0.25) is 0 Å². The molecule has 0 saturated heterocycles. The van der Waals surface area contributed by atoms with Crippen LogP contribution in [-0.2, 0) is 6.54 Å². The highest BCUT2D eigenvalue weighted by Crippen LogP contribution is 2.33. The molecule has 0 radical (unpaired) electrons. The Labute approximate surface area is 124 Å². The van der Waals surface area contributed by atoms with Crippen LogP contribution in [0.5, 0.6) is 0 Å². The molecular formula is C16H23BrN2. The molecule has 0 spiro atoms. The van der Waals surface area contributed by atoms with Gasteiger partial charge in [0.1, 0.15) is 0 Å². The molecule has 0 amide bonds. The Balaban J connectivity index is 2.22. The average molecular weight is 323 g/mol. The molecule has 0 aliphatic carbocycles. The largest absolute Gasteiger partial charge is 0.367 e. The Hall–Kier alpha value is -0.800. The molecule has 1 heterocycles. The molecule has 1 aromatic rings. The van der Waals surface area contributed by atoms with Gasteiger partial charge in [-0.25, -0.2) is 0 Å². The molecule has 0 saturated carbocycles. The van der Waals surface area contributed by atoms with Crippen molar-refractivity contribution < 1.29 is 0 Å². The van der Waals surface area contributed by atoms with Gasteiger partial charge in [0.25, 0.3) is 0 Å². The lowest BCUT2D eigenvalue weighted by Crippen LogP contribution is -2.32. The lowest BCUT2D eigenvalue weighted by atomic mass is 9.83.